The van der Waals surface area contributed by atoms with Crippen LogP contribution in [0.3, 0.4) is 0 Å². The van der Waals surface area contributed by atoms with Crippen molar-refractivity contribution < 1.29 is 0 Å². The summed E-state index contributed by atoms with van der Waals surface area (Å²) in [5, 5.41) is 1.31. The Labute approximate surface area is 354 Å². The summed E-state index contributed by atoms with van der Waals surface area (Å²) in [6.07, 6.45) is 28.1. The molecular weight excluding hydrogens is 727 g/mol. The van der Waals surface area contributed by atoms with Crippen molar-refractivity contribution in [3.8, 4) is 0 Å². The molecule has 11 rings (SSSR count). The Kier molecular flexibility index (Phi) is 8.81. The lowest BCUT2D eigenvalue weighted by Gasteiger charge is -2.47. The Morgan fingerprint density at radius 1 is 0.733 bits per heavy atom. The zero-order valence-electron chi connectivity index (χ0n) is 34.8. The van der Waals surface area contributed by atoms with E-state index in [4.69, 9.17) is 0 Å². The molecule has 0 amide bonds. The zero-order valence-corrected chi connectivity index (χ0v) is 34.8. The van der Waals surface area contributed by atoms with Gasteiger partial charge in [0.15, 0.2) is 0 Å². The molecule has 0 bridgehead atoms. The van der Waals surface area contributed by atoms with Gasteiger partial charge in [-0.1, -0.05) is 109 Å². The van der Waals surface area contributed by atoms with Crippen LogP contribution in [0, 0.1) is 6.92 Å². The number of benzene rings is 4. The molecule has 4 nitrogen and oxygen atoms in total. The molecule has 1 atom stereocenters. The maximum absolute atomic E-state index is 4.38. The first kappa shape index (κ1) is 36.4. The Hall–Kier alpha value is -6.72. The van der Waals surface area contributed by atoms with E-state index in [0.717, 1.165) is 32.1 Å². The van der Waals surface area contributed by atoms with E-state index in [-0.39, 0.29) is 12.8 Å². The molecule has 0 saturated heterocycles. The number of allylic oxidation sites excluding steroid dienone is 10. The van der Waals surface area contributed by atoms with Gasteiger partial charge < -0.3 is 18.9 Å². The zero-order chi connectivity index (χ0) is 40.5. The van der Waals surface area contributed by atoms with Gasteiger partial charge in [0.05, 0.1) is 11.6 Å². The average molecular weight is 777 g/mol. The Morgan fingerprint density at radius 2 is 1.45 bits per heavy atom. The fourth-order valence-corrected chi connectivity index (χ4v) is 11.1. The number of hydrogen-bond acceptors (Lipinski definition) is 2. The molecule has 0 fully saturated rings. The van der Waals surface area contributed by atoms with Crippen molar-refractivity contribution in [2.24, 2.45) is 0 Å². The summed E-state index contributed by atoms with van der Waals surface area (Å²) < 4.78 is 5.11. The van der Waals surface area contributed by atoms with Crippen LogP contribution >= 0.6 is 0 Å². The third kappa shape index (κ3) is 5.38. The maximum Gasteiger partial charge on any atom is 0.247 e. The minimum absolute atomic E-state index is 0.130. The third-order valence-electron chi connectivity index (χ3n) is 13.5. The maximum atomic E-state index is 4.38. The van der Waals surface area contributed by atoms with Gasteiger partial charge in [-0.3, -0.25) is 0 Å². The van der Waals surface area contributed by atoms with Gasteiger partial charge in [0.2, 0.25) is 6.71 Å². The van der Waals surface area contributed by atoms with E-state index in [0.29, 0.717) is 0 Å². The molecular formula is C55H49BN4. The molecule has 0 saturated carbocycles. The highest BCUT2D eigenvalue weighted by Gasteiger charge is 2.46. The highest BCUT2D eigenvalue weighted by Crippen LogP contribution is 2.51. The lowest BCUT2D eigenvalue weighted by atomic mass is 9.31. The van der Waals surface area contributed by atoms with Gasteiger partial charge in [0.25, 0.3) is 0 Å². The Bertz CT molecular complexity index is 2960. The highest BCUT2D eigenvalue weighted by atomic mass is 15.2. The van der Waals surface area contributed by atoms with E-state index in [1.165, 1.54) is 101 Å². The van der Waals surface area contributed by atoms with Crippen LogP contribution < -0.4 is 15.3 Å². The molecule has 2 aromatic heterocycles. The monoisotopic (exact) mass is 776 g/mol. The Balaban J connectivity index is 1.15. The topological polar surface area (TPSA) is 16.3 Å². The number of aromatic nitrogens is 2. The van der Waals surface area contributed by atoms with Crippen molar-refractivity contribution in [2.45, 2.75) is 58.9 Å². The average Bonchev–Trinajstić information content (AvgIpc) is 3.77. The predicted molar refractivity (Wildman–Crippen MR) is 257 cm³/mol. The van der Waals surface area contributed by atoms with Crippen LogP contribution in [-0.4, -0.2) is 15.8 Å². The summed E-state index contributed by atoms with van der Waals surface area (Å²) >= 11 is 0. The van der Waals surface area contributed by atoms with Crippen molar-refractivity contribution in [1.82, 2.24) is 9.13 Å². The summed E-state index contributed by atoms with van der Waals surface area (Å²) in [5.74, 6) is 0. The van der Waals surface area contributed by atoms with E-state index in [1.54, 1.807) is 0 Å². The second-order valence-corrected chi connectivity index (χ2v) is 16.6. The van der Waals surface area contributed by atoms with Gasteiger partial charge in [-0.05, 0) is 135 Å². The first-order chi connectivity index (χ1) is 29.6. The first-order valence-electron chi connectivity index (χ1n) is 21.7. The molecule has 60 heavy (non-hydrogen) atoms. The number of rotatable bonds is 7. The molecule has 4 heterocycles. The molecule has 6 aromatic rings. The molecule has 4 aromatic carbocycles. The van der Waals surface area contributed by atoms with Crippen LogP contribution in [0.25, 0.3) is 40.9 Å². The number of hydrogen-bond donors (Lipinski definition) is 0. The van der Waals surface area contributed by atoms with Gasteiger partial charge in [-0.2, -0.15) is 0 Å². The van der Waals surface area contributed by atoms with Gasteiger partial charge in [0.1, 0.15) is 0 Å². The second-order valence-electron chi connectivity index (χ2n) is 16.6. The normalized spacial score (nSPS) is 18.1. The van der Waals surface area contributed by atoms with Gasteiger partial charge >= 0.3 is 0 Å². The van der Waals surface area contributed by atoms with Crippen LogP contribution in [-0.2, 0) is 6.42 Å². The van der Waals surface area contributed by atoms with E-state index >= 15 is 0 Å². The standard InChI is InChI=1S/C55H49BN4/c1-5-19-43-44-26-15-17-28-50(44)59(47(43)7-3)40-31-33-45-53(35-40)57(38-21-10-8-11-22-38)51-29-18-30-52-55(51)56(45)46-34-32-41(36-54(46)58(52)39-23-12-9-13-24-39)60-48(20-6-2)37(4)42-25-14-16-27-49(42)60/h5-14,16-25,27-31,33,36,40H,3,15,26,32,34-35H2,1-2,4H3/b19-5-,20-6-. The molecule has 1 unspecified atom stereocenters. The van der Waals surface area contributed by atoms with Crippen LogP contribution in [0.15, 0.2) is 169 Å². The molecule has 5 aliphatic rings. The molecule has 292 valence electrons. The highest BCUT2D eigenvalue weighted by molar-refractivity contribution is 6.90. The summed E-state index contributed by atoms with van der Waals surface area (Å²) in [7, 11) is 0. The predicted octanol–water partition coefficient (Wildman–Crippen LogP) is 13.5. The number of nitrogens with zero attached hydrogens (tertiary/aromatic N) is 4. The number of anilines is 4. The van der Waals surface area contributed by atoms with Crippen LogP contribution in [0.4, 0.5) is 22.7 Å². The lowest BCUT2D eigenvalue weighted by molar-refractivity contribution is 0.578. The third-order valence-corrected chi connectivity index (χ3v) is 13.5. The SMILES string of the molecule is C=Cc1c(/C=C\C)c2c(n1C1C=CC3=C(C1)N(c1ccccc1)c1cccc4c1B3C1=C(C=C(n3c(/C=C\C)c(C)c5ccccc53)CC1)N4c1ccccc1)C=CCC2. The van der Waals surface area contributed by atoms with E-state index in [1.807, 2.05) is 0 Å². The van der Waals surface area contributed by atoms with Crippen molar-refractivity contribution in [2.75, 3.05) is 9.80 Å². The van der Waals surface area contributed by atoms with E-state index in [9.17, 15) is 0 Å². The van der Waals surface area contributed by atoms with Crippen molar-refractivity contribution in [3.63, 3.8) is 0 Å². The van der Waals surface area contributed by atoms with Crippen molar-refractivity contribution in [1.29, 1.82) is 0 Å². The lowest BCUT2D eigenvalue weighted by Crippen LogP contribution is -2.51. The van der Waals surface area contributed by atoms with Gasteiger partial charge in [0, 0.05) is 74.3 Å². The minimum atomic E-state index is 0.130. The van der Waals surface area contributed by atoms with Crippen molar-refractivity contribution >= 4 is 75.8 Å². The number of fused-ring (bicyclic) bond motifs is 4. The van der Waals surface area contributed by atoms with Crippen LogP contribution in [0.1, 0.15) is 79.3 Å². The molecule has 3 aliphatic carbocycles. The molecule has 5 heteroatoms. The summed E-state index contributed by atoms with van der Waals surface area (Å²) in [5.41, 5.74) is 22.4. The van der Waals surface area contributed by atoms with Crippen LogP contribution in [0.5, 0.6) is 0 Å². The van der Waals surface area contributed by atoms with Crippen LogP contribution in [0.2, 0.25) is 0 Å². The van der Waals surface area contributed by atoms with Gasteiger partial charge in [-0.25, -0.2) is 0 Å². The van der Waals surface area contributed by atoms with Crippen molar-refractivity contribution in [3.05, 3.63) is 202 Å². The number of para-hydroxylation sites is 3. The van der Waals surface area contributed by atoms with E-state index in [2.05, 4.69) is 210 Å². The molecule has 0 spiro atoms. The largest absolute Gasteiger partial charge is 0.333 e. The van der Waals surface area contributed by atoms with E-state index < -0.39 is 0 Å². The molecule has 2 aliphatic heterocycles. The summed E-state index contributed by atoms with van der Waals surface area (Å²) in [6, 6.07) is 38.1. The Morgan fingerprint density at radius 3 is 2.20 bits per heavy atom. The first-order valence-corrected chi connectivity index (χ1v) is 21.7. The number of aryl methyl sites for hydroxylation is 1. The summed E-state index contributed by atoms with van der Waals surface area (Å²) in [4.78, 5) is 5.14. The second kappa shape index (κ2) is 14.5. The molecule has 0 radical (unpaired) electrons. The smallest absolute Gasteiger partial charge is 0.247 e. The fraction of sp³-hybridized carbons (Fsp3) is 0.164. The minimum Gasteiger partial charge on any atom is -0.333 e. The summed E-state index contributed by atoms with van der Waals surface area (Å²) in [6.45, 7) is 11.0. The van der Waals surface area contributed by atoms with Gasteiger partial charge in [-0.15, -0.1) is 0 Å². The molecule has 0 N–H and O–H groups in total. The fourth-order valence-electron chi connectivity index (χ4n) is 11.1. The quantitative estimate of drug-likeness (QED) is 0.150.